The number of hydrogen-bond acceptors (Lipinski definition) is 2. The van der Waals surface area contributed by atoms with Crippen molar-refractivity contribution in [3.63, 3.8) is 0 Å². The van der Waals surface area contributed by atoms with Gasteiger partial charge in [-0.3, -0.25) is 0 Å². The molecule has 0 spiro atoms. The van der Waals surface area contributed by atoms with E-state index in [-0.39, 0.29) is 6.10 Å². The number of aryl methyl sites for hydroxylation is 1. The second-order valence-corrected chi connectivity index (χ2v) is 3.48. The third-order valence-electron chi connectivity index (χ3n) is 2.55. The van der Waals surface area contributed by atoms with Gasteiger partial charge in [0, 0.05) is 7.11 Å². The predicted molar refractivity (Wildman–Crippen MR) is 57.3 cm³/mol. The Morgan fingerprint density at radius 1 is 1.29 bits per heavy atom. The second kappa shape index (κ2) is 5.13. The van der Waals surface area contributed by atoms with Crippen molar-refractivity contribution in [1.29, 1.82) is 0 Å². The maximum Gasteiger partial charge on any atom is 0.105 e. The van der Waals surface area contributed by atoms with Gasteiger partial charge < -0.3 is 9.84 Å². The maximum atomic E-state index is 9.83. The molecule has 2 heteroatoms. The van der Waals surface area contributed by atoms with Gasteiger partial charge in [-0.15, -0.1) is 0 Å². The van der Waals surface area contributed by atoms with Crippen molar-refractivity contribution in [2.75, 3.05) is 7.11 Å². The molecule has 0 amide bonds. The molecule has 1 N–H and O–H groups in total. The van der Waals surface area contributed by atoms with Crippen LogP contribution in [-0.2, 0) is 11.2 Å². The number of aliphatic hydroxyl groups excluding tert-OH is 1. The van der Waals surface area contributed by atoms with E-state index in [1.165, 1.54) is 5.56 Å². The minimum Gasteiger partial charge on any atom is -0.386 e. The van der Waals surface area contributed by atoms with Crippen LogP contribution in [0.2, 0.25) is 0 Å². The molecule has 0 aliphatic carbocycles. The molecule has 0 heterocycles. The molecule has 1 aromatic carbocycles. The number of methoxy groups -OCH3 is 1. The summed E-state index contributed by atoms with van der Waals surface area (Å²) in [4.78, 5) is 0. The van der Waals surface area contributed by atoms with E-state index in [0.717, 1.165) is 12.0 Å². The van der Waals surface area contributed by atoms with E-state index in [1.54, 1.807) is 7.11 Å². The lowest BCUT2D eigenvalue weighted by molar-refractivity contribution is -0.00143. The second-order valence-electron chi connectivity index (χ2n) is 3.48. The average molecular weight is 194 g/mol. The fraction of sp³-hybridized carbons (Fsp3) is 0.500. The minimum absolute atomic E-state index is 0.164. The highest BCUT2D eigenvalue weighted by molar-refractivity contribution is 5.24. The first-order valence-corrected chi connectivity index (χ1v) is 4.98. The van der Waals surface area contributed by atoms with Crippen LogP contribution in [0.15, 0.2) is 24.3 Å². The fourth-order valence-corrected chi connectivity index (χ4v) is 1.35. The molecule has 1 aromatic rings. The van der Waals surface area contributed by atoms with Crippen LogP contribution >= 0.6 is 0 Å². The molecule has 0 aliphatic heterocycles. The van der Waals surface area contributed by atoms with E-state index in [4.69, 9.17) is 4.74 Å². The normalized spacial score (nSPS) is 15.1. The summed E-state index contributed by atoms with van der Waals surface area (Å²) < 4.78 is 5.07. The largest absolute Gasteiger partial charge is 0.386 e. The Kier molecular flexibility index (Phi) is 4.11. The Morgan fingerprint density at radius 2 is 1.86 bits per heavy atom. The van der Waals surface area contributed by atoms with Crippen molar-refractivity contribution in [2.24, 2.45) is 0 Å². The van der Waals surface area contributed by atoms with Gasteiger partial charge >= 0.3 is 0 Å². The summed E-state index contributed by atoms with van der Waals surface area (Å²) in [6.07, 6.45) is 0.323. The molecule has 1 rings (SSSR count). The highest BCUT2D eigenvalue weighted by Gasteiger charge is 2.14. The number of benzene rings is 1. The summed E-state index contributed by atoms with van der Waals surface area (Å²) >= 11 is 0. The lowest BCUT2D eigenvalue weighted by Crippen LogP contribution is -2.16. The molecular formula is C12H18O2. The SMILES string of the molecule is CCc1ccc(C(O)C(C)OC)cc1. The van der Waals surface area contributed by atoms with E-state index in [0.29, 0.717) is 0 Å². The monoisotopic (exact) mass is 194 g/mol. The zero-order chi connectivity index (χ0) is 10.6. The van der Waals surface area contributed by atoms with Gasteiger partial charge in [0.2, 0.25) is 0 Å². The molecule has 2 unspecified atom stereocenters. The number of aliphatic hydroxyl groups is 1. The Hall–Kier alpha value is -0.860. The first-order chi connectivity index (χ1) is 6.69. The van der Waals surface area contributed by atoms with E-state index in [9.17, 15) is 5.11 Å². The Labute approximate surface area is 85.5 Å². The Bertz CT molecular complexity index is 266. The molecule has 0 saturated carbocycles. The topological polar surface area (TPSA) is 29.5 Å². The highest BCUT2D eigenvalue weighted by atomic mass is 16.5. The van der Waals surface area contributed by atoms with Gasteiger partial charge in [0.25, 0.3) is 0 Å². The van der Waals surface area contributed by atoms with Gasteiger partial charge in [0.15, 0.2) is 0 Å². The molecule has 2 atom stereocenters. The van der Waals surface area contributed by atoms with Crippen LogP contribution in [0.4, 0.5) is 0 Å². The zero-order valence-electron chi connectivity index (χ0n) is 9.03. The van der Waals surface area contributed by atoms with E-state index in [1.807, 2.05) is 31.2 Å². The number of ether oxygens (including phenoxy) is 1. The van der Waals surface area contributed by atoms with Gasteiger partial charge in [-0.25, -0.2) is 0 Å². The van der Waals surface area contributed by atoms with Crippen LogP contribution in [0.1, 0.15) is 31.1 Å². The highest BCUT2D eigenvalue weighted by Crippen LogP contribution is 2.19. The smallest absolute Gasteiger partial charge is 0.105 e. The van der Waals surface area contributed by atoms with Gasteiger partial charge in [-0.05, 0) is 24.5 Å². The summed E-state index contributed by atoms with van der Waals surface area (Å²) in [7, 11) is 1.61. The van der Waals surface area contributed by atoms with Crippen molar-refractivity contribution in [3.05, 3.63) is 35.4 Å². The van der Waals surface area contributed by atoms with Crippen LogP contribution in [-0.4, -0.2) is 18.3 Å². The average Bonchev–Trinajstić information content (AvgIpc) is 2.27. The van der Waals surface area contributed by atoms with Crippen molar-refractivity contribution < 1.29 is 9.84 Å². The molecule has 2 nitrogen and oxygen atoms in total. The van der Waals surface area contributed by atoms with Gasteiger partial charge in [0.05, 0.1) is 6.10 Å². The maximum absolute atomic E-state index is 9.83. The molecule has 0 bridgehead atoms. The molecule has 0 fully saturated rings. The molecule has 0 aliphatic rings. The molecule has 14 heavy (non-hydrogen) atoms. The summed E-state index contributed by atoms with van der Waals surface area (Å²) in [5.74, 6) is 0. The third kappa shape index (κ3) is 2.56. The van der Waals surface area contributed by atoms with Crippen LogP contribution in [0, 0.1) is 0 Å². The Morgan fingerprint density at radius 3 is 2.29 bits per heavy atom. The number of hydrogen-bond donors (Lipinski definition) is 1. The van der Waals surface area contributed by atoms with Gasteiger partial charge in [0.1, 0.15) is 6.10 Å². The van der Waals surface area contributed by atoms with Crippen LogP contribution in [0.25, 0.3) is 0 Å². The zero-order valence-corrected chi connectivity index (χ0v) is 9.03. The molecular weight excluding hydrogens is 176 g/mol. The fourth-order valence-electron chi connectivity index (χ4n) is 1.35. The van der Waals surface area contributed by atoms with Crippen LogP contribution in [0.5, 0.6) is 0 Å². The first kappa shape index (κ1) is 11.2. The van der Waals surface area contributed by atoms with Crippen molar-refractivity contribution in [2.45, 2.75) is 32.5 Å². The first-order valence-electron chi connectivity index (χ1n) is 4.98. The Balaban J connectivity index is 2.75. The van der Waals surface area contributed by atoms with Crippen molar-refractivity contribution in [3.8, 4) is 0 Å². The summed E-state index contributed by atoms with van der Waals surface area (Å²) in [6, 6.07) is 8.00. The summed E-state index contributed by atoms with van der Waals surface area (Å²) in [5, 5.41) is 9.83. The number of rotatable bonds is 4. The third-order valence-corrected chi connectivity index (χ3v) is 2.55. The van der Waals surface area contributed by atoms with Crippen LogP contribution < -0.4 is 0 Å². The summed E-state index contributed by atoms with van der Waals surface area (Å²) in [6.45, 7) is 3.97. The molecule has 78 valence electrons. The molecule has 0 aromatic heterocycles. The van der Waals surface area contributed by atoms with Crippen molar-refractivity contribution >= 4 is 0 Å². The lowest BCUT2D eigenvalue weighted by atomic mass is 10.0. The van der Waals surface area contributed by atoms with E-state index < -0.39 is 6.10 Å². The van der Waals surface area contributed by atoms with Gasteiger partial charge in [-0.1, -0.05) is 31.2 Å². The van der Waals surface area contributed by atoms with E-state index in [2.05, 4.69) is 6.92 Å². The van der Waals surface area contributed by atoms with E-state index >= 15 is 0 Å². The predicted octanol–water partition coefficient (Wildman–Crippen LogP) is 2.32. The quantitative estimate of drug-likeness (QED) is 0.797. The van der Waals surface area contributed by atoms with Gasteiger partial charge in [-0.2, -0.15) is 0 Å². The molecule has 0 saturated heterocycles. The molecule has 0 radical (unpaired) electrons. The summed E-state index contributed by atoms with van der Waals surface area (Å²) in [5.41, 5.74) is 2.20. The lowest BCUT2D eigenvalue weighted by Gasteiger charge is -2.17. The minimum atomic E-state index is -0.536. The van der Waals surface area contributed by atoms with Crippen molar-refractivity contribution in [1.82, 2.24) is 0 Å². The van der Waals surface area contributed by atoms with Crippen LogP contribution in [0.3, 0.4) is 0 Å². The standard InChI is InChI=1S/C12H18O2/c1-4-10-5-7-11(8-6-10)12(13)9(2)14-3/h5-9,12-13H,4H2,1-3H3.